The van der Waals surface area contributed by atoms with E-state index in [1.807, 2.05) is 0 Å². The van der Waals surface area contributed by atoms with Crippen molar-refractivity contribution in [3.05, 3.63) is 70.8 Å². The molecule has 2 aromatic carbocycles. The van der Waals surface area contributed by atoms with Crippen molar-refractivity contribution in [1.82, 2.24) is 0 Å². The smallest absolute Gasteiger partial charge is 0.377 e. The standard InChI is InChI=1S/C34H60N2O3Si/c1-11-13-23-35(4,5)27-31-17-21-34(22-18-31)32(12-2)26-29(3)33-19-15-30(16-20-33)28-36(6,7)24-14-25-40(37-8,38-9)39-10/h15-22,29,32H,11-14,23-28H2,1-10H3/q+2. The van der Waals surface area contributed by atoms with Crippen LogP contribution in [0.3, 0.4) is 0 Å². The van der Waals surface area contributed by atoms with Crippen LogP contribution in [0.15, 0.2) is 48.5 Å². The summed E-state index contributed by atoms with van der Waals surface area (Å²) >= 11 is 0. The zero-order valence-corrected chi connectivity index (χ0v) is 28.5. The number of benzene rings is 2. The van der Waals surface area contributed by atoms with Crippen LogP contribution in [-0.2, 0) is 26.4 Å². The van der Waals surface area contributed by atoms with Gasteiger partial charge in [-0.3, -0.25) is 0 Å². The number of hydrogen-bond donors (Lipinski definition) is 0. The third-order valence-electron chi connectivity index (χ3n) is 8.65. The molecule has 0 bridgehead atoms. The van der Waals surface area contributed by atoms with Gasteiger partial charge in [0.25, 0.3) is 0 Å². The molecule has 0 N–H and O–H groups in total. The normalized spacial score (nSPS) is 14.3. The van der Waals surface area contributed by atoms with E-state index >= 15 is 0 Å². The second kappa shape index (κ2) is 16.2. The summed E-state index contributed by atoms with van der Waals surface area (Å²) in [6, 6.07) is 19.7. The van der Waals surface area contributed by atoms with E-state index < -0.39 is 8.80 Å². The van der Waals surface area contributed by atoms with Gasteiger partial charge in [-0.15, -0.1) is 0 Å². The number of hydrogen-bond acceptors (Lipinski definition) is 3. The van der Waals surface area contributed by atoms with Crippen LogP contribution >= 0.6 is 0 Å². The predicted octanol–water partition coefficient (Wildman–Crippen LogP) is 7.60. The third kappa shape index (κ3) is 11.0. The van der Waals surface area contributed by atoms with Crippen molar-refractivity contribution in [3.63, 3.8) is 0 Å². The maximum absolute atomic E-state index is 5.59. The average molecular weight is 573 g/mol. The van der Waals surface area contributed by atoms with Crippen LogP contribution in [0.25, 0.3) is 0 Å². The van der Waals surface area contributed by atoms with E-state index in [0.717, 1.165) is 41.1 Å². The lowest BCUT2D eigenvalue weighted by Gasteiger charge is -2.31. The van der Waals surface area contributed by atoms with Gasteiger partial charge in [-0.2, -0.15) is 0 Å². The Morgan fingerprint density at radius 1 is 0.675 bits per heavy atom. The molecule has 0 spiro atoms. The van der Waals surface area contributed by atoms with Crippen molar-refractivity contribution < 1.29 is 22.2 Å². The van der Waals surface area contributed by atoms with Gasteiger partial charge in [-0.05, 0) is 42.2 Å². The molecule has 0 aromatic heterocycles. The highest BCUT2D eigenvalue weighted by Crippen LogP contribution is 2.32. The molecule has 0 saturated heterocycles. The first-order chi connectivity index (χ1) is 18.9. The number of unbranched alkanes of at least 4 members (excludes halogenated alkanes) is 1. The largest absolute Gasteiger partial charge is 0.500 e. The maximum Gasteiger partial charge on any atom is 0.500 e. The van der Waals surface area contributed by atoms with Crippen LogP contribution in [0.4, 0.5) is 0 Å². The SMILES string of the molecule is CCCC[N+](C)(C)Cc1ccc(C(CC)CC(C)c2ccc(C[N+](C)(C)CCC[Si](OC)(OC)OC)cc2)cc1. The zero-order valence-electron chi connectivity index (χ0n) is 27.5. The van der Waals surface area contributed by atoms with Gasteiger partial charge < -0.3 is 22.2 Å². The Labute approximate surface area is 248 Å². The summed E-state index contributed by atoms with van der Waals surface area (Å²) in [6.07, 6.45) is 5.92. The van der Waals surface area contributed by atoms with E-state index in [1.165, 1.54) is 54.5 Å². The molecular formula is C34H60N2O3Si+2. The molecular weight excluding hydrogens is 512 g/mol. The Morgan fingerprint density at radius 3 is 1.55 bits per heavy atom. The molecule has 2 atom stereocenters. The van der Waals surface area contributed by atoms with Gasteiger partial charge >= 0.3 is 8.80 Å². The van der Waals surface area contributed by atoms with Crippen molar-refractivity contribution in [2.45, 2.75) is 83.8 Å². The summed E-state index contributed by atoms with van der Waals surface area (Å²) in [5.74, 6) is 1.12. The lowest BCUT2D eigenvalue weighted by molar-refractivity contribution is -0.903. The summed E-state index contributed by atoms with van der Waals surface area (Å²) in [5, 5.41) is 0. The predicted molar refractivity (Wildman–Crippen MR) is 171 cm³/mol. The van der Waals surface area contributed by atoms with Crippen molar-refractivity contribution in [2.75, 3.05) is 62.6 Å². The Balaban J connectivity index is 1.94. The first-order valence-electron chi connectivity index (χ1n) is 15.4. The zero-order chi connectivity index (χ0) is 29.8. The fourth-order valence-corrected chi connectivity index (χ4v) is 7.66. The summed E-state index contributed by atoms with van der Waals surface area (Å²) in [6.45, 7) is 11.4. The van der Waals surface area contributed by atoms with Crippen molar-refractivity contribution >= 4 is 8.80 Å². The molecule has 0 radical (unpaired) electrons. The van der Waals surface area contributed by atoms with E-state index in [1.54, 1.807) is 21.3 Å². The number of rotatable bonds is 19. The Morgan fingerprint density at radius 2 is 1.12 bits per heavy atom. The molecule has 2 aromatic rings. The van der Waals surface area contributed by atoms with Crippen LogP contribution < -0.4 is 0 Å². The molecule has 40 heavy (non-hydrogen) atoms. The summed E-state index contributed by atoms with van der Waals surface area (Å²) in [4.78, 5) is 0. The van der Waals surface area contributed by atoms with Gasteiger partial charge in [-0.25, -0.2) is 0 Å². The van der Waals surface area contributed by atoms with Crippen LogP contribution in [0.2, 0.25) is 6.04 Å². The monoisotopic (exact) mass is 572 g/mol. The van der Waals surface area contributed by atoms with E-state index in [0.29, 0.717) is 11.8 Å². The minimum Gasteiger partial charge on any atom is -0.377 e. The number of quaternary nitrogens is 2. The first kappa shape index (κ1) is 34.7. The third-order valence-corrected chi connectivity index (χ3v) is 11.5. The minimum absolute atomic E-state index is 0.529. The Bertz CT molecular complexity index is 963. The molecule has 2 rings (SSSR count). The molecule has 5 nitrogen and oxygen atoms in total. The molecule has 0 aliphatic heterocycles. The molecule has 226 valence electrons. The van der Waals surface area contributed by atoms with Crippen molar-refractivity contribution in [1.29, 1.82) is 0 Å². The van der Waals surface area contributed by atoms with Crippen LogP contribution in [-0.4, -0.2) is 80.4 Å². The van der Waals surface area contributed by atoms with E-state index in [2.05, 4.69) is 97.5 Å². The topological polar surface area (TPSA) is 27.7 Å². The molecule has 0 aliphatic rings. The fraction of sp³-hybridized carbons (Fsp3) is 0.647. The second-order valence-corrected chi connectivity index (χ2v) is 16.2. The summed E-state index contributed by atoms with van der Waals surface area (Å²) < 4.78 is 18.8. The highest BCUT2D eigenvalue weighted by molar-refractivity contribution is 6.60. The van der Waals surface area contributed by atoms with Gasteiger partial charge in [0.1, 0.15) is 13.1 Å². The van der Waals surface area contributed by atoms with Gasteiger partial charge in [0.05, 0.1) is 41.3 Å². The highest BCUT2D eigenvalue weighted by Gasteiger charge is 2.37. The first-order valence-corrected chi connectivity index (χ1v) is 17.3. The minimum atomic E-state index is -2.50. The van der Waals surface area contributed by atoms with Crippen LogP contribution in [0.5, 0.6) is 0 Å². The quantitative estimate of drug-likeness (QED) is 0.128. The highest BCUT2D eigenvalue weighted by atomic mass is 28.4. The molecule has 2 unspecified atom stereocenters. The lowest BCUT2D eigenvalue weighted by atomic mass is 9.84. The summed E-state index contributed by atoms with van der Waals surface area (Å²) in [7, 11) is 11.9. The van der Waals surface area contributed by atoms with Crippen molar-refractivity contribution in [2.24, 2.45) is 0 Å². The Hall–Kier alpha value is -1.54. The van der Waals surface area contributed by atoms with Crippen LogP contribution in [0, 0.1) is 0 Å². The average Bonchev–Trinajstić information content (AvgIpc) is 2.93. The van der Waals surface area contributed by atoms with Crippen LogP contribution in [0.1, 0.15) is 87.0 Å². The van der Waals surface area contributed by atoms with Gasteiger partial charge in [0.2, 0.25) is 0 Å². The van der Waals surface area contributed by atoms with E-state index in [4.69, 9.17) is 13.3 Å². The summed E-state index contributed by atoms with van der Waals surface area (Å²) in [5.41, 5.74) is 5.75. The van der Waals surface area contributed by atoms with E-state index in [9.17, 15) is 0 Å². The van der Waals surface area contributed by atoms with Gasteiger partial charge in [-0.1, -0.05) is 75.7 Å². The fourth-order valence-electron chi connectivity index (χ4n) is 5.96. The lowest BCUT2D eigenvalue weighted by Crippen LogP contribution is -2.45. The molecule has 0 fully saturated rings. The van der Waals surface area contributed by atoms with Gasteiger partial charge in [0.15, 0.2) is 0 Å². The van der Waals surface area contributed by atoms with Gasteiger partial charge in [0, 0.05) is 44.9 Å². The van der Waals surface area contributed by atoms with Crippen molar-refractivity contribution in [3.8, 4) is 0 Å². The van der Waals surface area contributed by atoms with E-state index in [-0.39, 0.29) is 0 Å². The molecule has 0 heterocycles. The second-order valence-electron chi connectivity index (χ2n) is 13.1. The molecule has 0 amide bonds. The molecule has 0 saturated carbocycles. The molecule has 6 heteroatoms. The Kier molecular flexibility index (Phi) is 14.0. The maximum atomic E-state index is 5.59. The number of nitrogens with zero attached hydrogens (tertiary/aromatic N) is 2. The molecule has 0 aliphatic carbocycles.